The van der Waals surface area contributed by atoms with E-state index in [1.807, 2.05) is 25.8 Å². The number of carbonyl (C=O) groups excluding carboxylic acids is 1. The molecule has 0 aliphatic carbocycles. The van der Waals surface area contributed by atoms with E-state index in [1.165, 1.54) is 0 Å². The van der Waals surface area contributed by atoms with Crippen LogP contribution in [0.4, 0.5) is 0 Å². The molecule has 2 rings (SSSR count). The van der Waals surface area contributed by atoms with Crippen LogP contribution in [0.1, 0.15) is 33.1 Å². The van der Waals surface area contributed by atoms with E-state index in [9.17, 15) is 15.0 Å². The number of fused-ring (bicyclic) bond motifs is 2. The largest absolute Gasteiger partial charge is 0.462 e. The van der Waals surface area contributed by atoms with Gasteiger partial charge in [0, 0.05) is 24.9 Å². The average Bonchev–Trinajstić information content (AvgIpc) is 2.50. The van der Waals surface area contributed by atoms with Gasteiger partial charge in [-0.05, 0) is 13.5 Å². The van der Waals surface area contributed by atoms with Gasteiger partial charge in [-0.1, -0.05) is 13.8 Å². The summed E-state index contributed by atoms with van der Waals surface area (Å²) >= 11 is 0. The Bertz CT molecular complexity index is 296. The number of aliphatic hydroxyl groups is 2. The molecule has 0 spiro atoms. The lowest BCUT2D eigenvalue weighted by atomic mass is 9.99. The normalized spacial score (nSPS) is 41.7. The number of carbonyl (C=O) groups is 1. The molecule has 2 N–H and O–H groups in total. The van der Waals surface area contributed by atoms with Crippen LogP contribution in [0, 0.1) is 5.92 Å². The zero-order chi connectivity index (χ0) is 13.4. The lowest BCUT2D eigenvalue weighted by molar-refractivity contribution is -0.157. The summed E-state index contributed by atoms with van der Waals surface area (Å²) in [7, 11) is 1.90. The first-order valence-electron chi connectivity index (χ1n) is 6.74. The number of hydrogen-bond acceptors (Lipinski definition) is 5. The molecule has 0 aromatic heterocycles. The summed E-state index contributed by atoms with van der Waals surface area (Å²) in [5.41, 5.74) is 0. The number of piperidine rings is 1. The molecular weight excluding hydrogens is 234 g/mol. The van der Waals surface area contributed by atoms with E-state index in [2.05, 4.69) is 0 Å². The van der Waals surface area contributed by atoms with Crippen molar-refractivity contribution in [1.82, 2.24) is 4.90 Å². The summed E-state index contributed by atoms with van der Waals surface area (Å²) < 4.78 is 5.48. The number of rotatable bonds is 3. The highest BCUT2D eigenvalue weighted by molar-refractivity contribution is 5.72. The zero-order valence-corrected chi connectivity index (χ0v) is 11.2. The molecule has 2 fully saturated rings. The summed E-state index contributed by atoms with van der Waals surface area (Å²) in [5.74, 6) is -0.257. The first-order chi connectivity index (χ1) is 8.45. The molecule has 2 aliphatic heterocycles. The highest BCUT2D eigenvalue weighted by Gasteiger charge is 2.51. The van der Waals surface area contributed by atoms with Crippen molar-refractivity contribution >= 4 is 5.97 Å². The second-order valence-corrected chi connectivity index (χ2v) is 5.62. The van der Waals surface area contributed by atoms with Gasteiger partial charge < -0.3 is 14.9 Å². The Hall–Kier alpha value is -0.650. The van der Waals surface area contributed by atoms with Crippen molar-refractivity contribution in [3.05, 3.63) is 0 Å². The van der Waals surface area contributed by atoms with E-state index in [4.69, 9.17) is 4.74 Å². The Morgan fingerprint density at radius 2 is 1.83 bits per heavy atom. The molecule has 2 aliphatic rings. The summed E-state index contributed by atoms with van der Waals surface area (Å²) in [5, 5.41) is 19.8. The topological polar surface area (TPSA) is 70.0 Å². The van der Waals surface area contributed by atoms with E-state index in [0.29, 0.717) is 12.8 Å². The molecule has 2 heterocycles. The van der Waals surface area contributed by atoms with Gasteiger partial charge in [-0.3, -0.25) is 9.69 Å². The maximum Gasteiger partial charge on any atom is 0.308 e. The number of likely N-dealkylation sites (N-methyl/N-ethyl adjacent to an activating group) is 1. The SMILES string of the molecule is CCC(C)C(=O)OC1CC2C(O)C(O)C(C1)N2C. The minimum Gasteiger partial charge on any atom is -0.462 e. The van der Waals surface area contributed by atoms with Crippen LogP contribution in [-0.2, 0) is 9.53 Å². The van der Waals surface area contributed by atoms with Crippen molar-refractivity contribution in [2.75, 3.05) is 7.05 Å². The van der Waals surface area contributed by atoms with E-state index in [-0.39, 0.29) is 30.1 Å². The van der Waals surface area contributed by atoms with Crippen LogP contribution < -0.4 is 0 Å². The smallest absolute Gasteiger partial charge is 0.308 e. The Labute approximate surface area is 108 Å². The molecule has 2 bridgehead atoms. The molecule has 5 heteroatoms. The van der Waals surface area contributed by atoms with Gasteiger partial charge >= 0.3 is 5.97 Å². The van der Waals surface area contributed by atoms with Gasteiger partial charge in [0.25, 0.3) is 0 Å². The van der Waals surface area contributed by atoms with Crippen LogP contribution in [0.15, 0.2) is 0 Å². The quantitative estimate of drug-likeness (QED) is 0.704. The maximum absolute atomic E-state index is 11.8. The fourth-order valence-corrected chi connectivity index (χ4v) is 2.97. The van der Waals surface area contributed by atoms with Gasteiger partial charge in [-0.2, -0.15) is 0 Å². The van der Waals surface area contributed by atoms with E-state index in [1.54, 1.807) is 0 Å². The molecule has 0 saturated carbocycles. The van der Waals surface area contributed by atoms with Crippen molar-refractivity contribution in [2.24, 2.45) is 5.92 Å². The van der Waals surface area contributed by atoms with Crippen molar-refractivity contribution in [3.8, 4) is 0 Å². The third-order valence-electron chi connectivity index (χ3n) is 4.49. The first kappa shape index (κ1) is 13.8. The molecule has 0 radical (unpaired) electrons. The lowest BCUT2D eigenvalue weighted by Crippen LogP contribution is -2.46. The molecule has 5 unspecified atom stereocenters. The highest BCUT2D eigenvalue weighted by atomic mass is 16.5. The summed E-state index contributed by atoms with van der Waals surface area (Å²) in [6.07, 6.45) is 0.341. The number of hydrogen-bond donors (Lipinski definition) is 2. The molecule has 5 nitrogen and oxygen atoms in total. The molecule has 0 aromatic carbocycles. The first-order valence-corrected chi connectivity index (χ1v) is 6.74. The third kappa shape index (κ3) is 2.27. The molecule has 0 aromatic rings. The maximum atomic E-state index is 11.8. The second kappa shape index (κ2) is 5.15. The van der Waals surface area contributed by atoms with Crippen molar-refractivity contribution in [3.63, 3.8) is 0 Å². The third-order valence-corrected chi connectivity index (χ3v) is 4.49. The molecular formula is C13H23NO4. The molecule has 104 valence electrons. The molecule has 2 saturated heterocycles. The van der Waals surface area contributed by atoms with Crippen molar-refractivity contribution in [1.29, 1.82) is 0 Å². The molecule has 5 atom stereocenters. The van der Waals surface area contributed by atoms with Gasteiger partial charge in [0.1, 0.15) is 6.10 Å². The van der Waals surface area contributed by atoms with E-state index >= 15 is 0 Å². The van der Waals surface area contributed by atoms with E-state index in [0.717, 1.165) is 6.42 Å². The summed E-state index contributed by atoms with van der Waals surface area (Å²) in [4.78, 5) is 13.8. The molecule has 18 heavy (non-hydrogen) atoms. The van der Waals surface area contributed by atoms with Crippen LogP contribution in [0.5, 0.6) is 0 Å². The van der Waals surface area contributed by atoms with Gasteiger partial charge in [-0.25, -0.2) is 0 Å². The number of ether oxygens (including phenoxy) is 1. The lowest BCUT2D eigenvalue weighted by Gasteiger charge is -2.36. The Kier molecular flexibility index (Phi) is 3.94. The summed E-state index contributed by atoms with van der Waals surface area (Å²) in [6, 6.07) is -0.207. The fraction of sp³-hybridized carbons (Fsp3) is 0.923. The van der Waals surface area contributed by atoms with Gasteiger partial charge in [0.05, 0.1) is 18.1 Å². The van der Waals surface area contributed by atoms with E-state index < -0.39 is 12.2 Å². The standard InChI is InChI=1S/C13H23NO4/c1-4-7(2)13(17)18-8-5-9-11(15)12(16)10(6-8)14(9)3/h7-12,15-16H,4-6H2,1-3H3. The van der Waals surface area contributed by atoms with Gasteiger partial charge in [0.15, 0.2) is 0 Å². The highest BCUT2D eigenvalue weighted by Crippen LogP contribution is 2.36. The number of esters is 1. The van der Waals surface area contributed by atoms with Crippen LogP contribution in [0.3, 0.4) is 0 Å². The van der Waals surface area contributed by atoms with Crippen LogP contribution in [0.2, 0.25) is 0 Å². The van der Waals surface area contributed by atoms with Crippen LogP contribution in [0.25, 0.3) is 0 Å². The minimum atomic E-state index is -0.729. The van der Waals surface area contributed by atoms with Crippen molar-refractivity contribution in [2.45, 2.75) is 63.5 Å². The minimum absolute atomic E-state index is 0.0860. The predicted molar refractivity (Wildman–Crippen MR) is 65.9 cm³/mol. The predicted octanol–water partition coefficient (Wildman–Crippen LogP) is 0.143. The van der Waals surface area contributed by atoms with Crippen molar-refractivity contribution < 1.29 is 19.7 Å². The van der Waals surface area contributed by atoms with Gasteiger partial charge in [-0.15, -0.1) is 0 Å². The number of nitrogens with zero attached hydrogens (tertiary/aromatic N) is 1. The molecule has 0 amide bonds. The monoisotopic (exact) mass is 257 g/mol. The Balaban J connectivity index is 1.97. The summed E-state index contributed by atoms with van der Waals surface area (Å²) in [6.45, 7) is 3.81. The number of aliphatic hydroxyl groups excluding tert-OH is 2. The van der Waals surface area contributed by atoms with Gasteiger partial charge in [0.2, 0.25) is 0 Å². The Morgan fingerprint density at radius 1 is 1.33 bits per heavy atom. The van der Waals surface area contributed by atoms with Crippen LogP contribution >= 0.6 is 0 Å². The zero-order valence-electron chi connectivity index (χ0n) is 11.2. The fourth-order valence-electron chi connectivity index (χ4n) is 2.97. The Morgan fingerprint density at radius 3 is 2.28 bits per heavy atom. The van der Waals surface area contributed by atoms with Crippen LogP contribution in [-0.4, -0.2) is 58.5 Å². The average molecular weight is 257 g/mol. The second-order valence-electron chi connectivity index (χ2n) is 5.62.